The summed E-state index contributed by atoms with van der Waals surface area (Å²) in [5.41, 5.74) is 24.9. The summed E-state index contributed by atoms with van der Waals surface area (Å²) in [5, 5.41) is 19.2. The minimum atomic E-state index is -1.35. The van der Waals surface area contributed by atoms with Gasteiger partial charge >= 0.3 is 11.9 Å². The Bertz CT molecular complexity index is 2690. The number of aromatic carboxylic acids is 2. The van der Waals surface area contributed by atoms with E-state index >= 15 is 8.78 Å². The molecule has 4 aromatic rings. The zero-order valence-electron chi connectivity index (χ0n) is 36.6. The van der Waals surface area contributed by atoms with Crippen LogP contribution in [0.3, 0.4) is 0 Å². The number of aromatic nitrogens is 2. The lowest BCUT2D eigenvalue weighted by Gasteiger charge is -2.37. The van der Waals surface area contributed by atoms with Gasteiger partial charge in [0.2, 0.25) is 22.8 Å². The van der Waals surface area contributed by atoms with Gasteiger partial charge in [0.25, 0.3) is 0 Å². The number of anilines is 2. The first-order chi connectivity index (χ1) is 31.6. The van der Waals surface area contributed by atoms with E-state index in [0.717, 1.165) is 50.7 Å². The van der Waals surface area contributed by atoms with Crippen LogP contribution in [0.15, 0.2) is 66.2 Å². The number of rotatable bonds is 8. The van der Waals surface area contributed by atoms with Gasteiger partial charge < -0.3 is 61.9 Å². The summed E-state index contributed by atoms with van der Waals surface area (Å²) in [6.07, 6.45) is 9.26. The third kappa shape index (κ3) is 9.52. The molecule has 2 atom stereocenters. The molecule has 0 amide bonds. The first-order valence-corrected chi connectivity index (χ1v) is 22.2. The van der Waals surface area contributed by atoms with Crippen molar-refractivity contribution in [3.8, 4) is 0 Å². The molecule has 2 aliphatic heterocycles. The highest BCUT2D eigenvalue weighted by molar-refractivity contribution is 5.96. The van der Waals surface area contributed by atoms with Crippen molar-refractivity contribution >= 4 is 81.4 Å². The van der Waals surface area contributed by atoms with Gasteiger partial charge in [-0.2, -0.15) is 9.98 Å². The van der Waals surface area contributed by atoms with Gasteiger partial charge in [0.05, 0.1) is 34.5 Å². The third-order valence-corrected chi connectivity index (χ3v) is 13.2. The molecule has 9 rings (SSSR count). The predicted octanol–water partition coefficient (Wildman–Crippen LogP) is 2.60. The van der Waals surface area contributed by atoms with Gasteiger partial charge in [-0.15, -0.1) is 12.4 Å². The average Bonchev–Trinajstić information content (AvgIpc) is 4.23. The number of aliphatic imine (C=N–C) groups is 4. The molecular formula is C44H53ClF2N14O6. The van der Waals surface area contributed by atoms with Crippen LogP contribution in [0.4, 0.5) is 20.2 Å². The Morgan fingerprint density at radius 3 is 1.25 bits per heavy atom. The van der Waals surface area contributed by atoms with Crippen molar-refractivity contribution in [3.63, 3.8) is 0 Å². The maximum absolute atomic E-state index is 15.6. The lowest BCUT2D eigenvalue weighted by molar-refractivity contribution is 0.0684. The Hall–Kier alpha value is -6.97. The van der Waals surface area contributed by atoms with Gasteiger partial charge in [0.1, 0.15) is 22.8 Å². The topological polar surface area (TPSA) is 285 Å². The second kappa shape index (κ2) is 18.7. The van der Waals surface area contributed by atoms with Crippen molar-refractivity contribution in [2.24, 2.45) is 42.9 Å². The van der Waals surface area contributed by atoms with Crippen LogP contribution in [-0.2, 0) is 0 Å². The number of piperazine rings is 2. The molecular weight excluding hydrogens is 894 g/mol. The molecule has 3 saturated carbocycles. The number of carbonyl (C=O) groups is 2. The Morgan fingerprint density at radius 1 is 0.567 bits per heavy atom. The molecule has 4 heterocycles. The summed E-state index contributed by atoms with van der Waals surface area (Å²) >= 11 is 0. The van der Waals surface area contributed by atoms with Crippen molar-refractivity contribution in [1.82, 2.24) is 18.9 Å². The maximum Gasteiger partial charge on any atom is 0.341 e. The zero-order valence-corrected chi connectivity index (χ0v) is 37.4. The molecule has 356 valence electrons. The van der Waals surface area contributed by atoms with E-state index in [1.54, 1.807) is 21.3 Å². The van der Waals surface area contributed by atoms with E-state index in [1.807, 2.05) is 19.6 Å². The van der Waals surface area contributed by atoms with Crippen molar-refractivity contribution in [2.75, 3.05) is 62.2 Å². The molecule has 23 heteroatoms. The van der Waals surface area contributed by atoms with Gasteiger partial charge in [0.15, 0.2) is 11.9 Å². The van der Waals surface area contributed by atoms with E-state index in [0.29, 0.717) is 87.6 Å². The largest absolute Gasteiger partial charge is 0.477 e. The number of hydrogen-bond donors (Lipinski definition) is 6. The third-order valence-electron chi connectivity index (χ3n) is 13.2. The Kier molecular flexibility index (Phi) is 13.0. The number of fused-ring (bicyclic) bond motifs is 2. The molecule has 67 heavy (non-hydrogen) atoms. The van der Waals surface area contributed by atoms with Crippen LogP contribution >= 0.6 is 12.4 Å². The van der Waals surface area contributed by atoms with Gasteiger partial charge in [-0.05, 0) is 62.8 Å². The summed E-state index contributed by atoms with van der Waals surface area (Å²) in [5.74, 6) is -3.66. The van der Waals surface area contributed by atoms with Gasteiger partial charge in [-0.1, -0.05) is 12.8 Å². The fourth-order valence-corrected chi connectivity index (χ4v) is 9.34. The Morgan fingerprint density at radius 2 is 0.925 bits per heavy atom. The highest BCUT2D eigenvalue weighted by atomic mass is 35.5. The molecule has 5 aliphatic rings. The summed E-state index contributed by atoms with van der Waals surface area (Å²) in [4.78, 5) is 74.9. The van der Waals surface area contributed by atoms with Crippen LogP contribution in [0.1, 0.15) is 84.2 Å². The predicted molar refractivity (Wildman–Crippen MR) is 254 cm³/mol. The molecule has 0 radical (unpaired) electrons. The number of hydrogen-bond acceptors (Lipinski definition) is 8. The van der Waals surface area contributed by atoms with Gasteiger partial charge in [-0.3, -0.25) is 9.59 Å². The van der Waals surface area contributed by atoms with Crippen molar-refractivity contribution < 1.29 is 28.6 Å². The fourth-order valence-electron chi connectivity index (χ4n) is 9.34. The highest BCUT2D eigenvalue weighted by Crippen LogP contribution is 2.39. The Balaban J connectivity index is 0.00000608. The molecule has 5 fully saturated rings. The van der Waals surface area contributed by atoms with Crippen LogP contribution < -0.4 is 43.6 Å². The number of nitrogens with two attached hydrogens (primary N) is 4. The SMILES string of the molecule is Cl.NC(=NC1CCCCC1N=C(N)/N=C(\N)N1CCN(c2cc3c(cc2F)c(=O)c(C(=O)O)cn3C2CC2)CC1)/N=C(\N)N1CCN(c2cc3c(cc2F)c(=O)c(C(=O)O)cn3C2CC2)CC1. The van der Waals surface area contributed by atoms with Crippen molar-refractivity contribution in [3.05, 3.63) is 79.9 Å². The molecule has 0 spiro atoms. The standard InChI is InChI=1S/C44H52F2N14O6.ClH/c45-29-17-25-33(59(23-5-6-23)21-27(37(25)61)39(63)64)19-35(29)55-9-13-57(14-10-55)43(49)53-41(47)51-31-3-1-2-4-32(31)52-42(48)54-44(50)58-15-11-56(12-16-58)36-20-34-26(18-30(36)46)38(62)28(40(65)66)22-60(34)24-7-8-24;/h17-24,31-32H,1-16H2,(H,63,64)(H,65,66)(H4,47,49,51,53)(H4,48,50,52,54);1H. The van der Waals surface area contributed by atoms with Crippen molar-refractivity contribution in [2.45, 2.75) is 75.5 Å². The lowest BCUT2D eigenvalue weighted by atomic mass is 9.91. The van der Waals surface area contributed by atoms with Crippen molar-refractivity contribution in [1.29, 1.82) is 0 Å². The van der Waals surface area contributed by atoms with E-state index in [4.69, 9.17) is 22.9 Å². The molecule has 2 unspecified atom stereocenters. The minimum Gasteiger partial charge on any atom is -0.477 e. The average molecular weight is 947 g/mol. The molecule has 2 saturated heterocycles. The van der Waals surface area contributed by atoms with Gasteiger partial charge in [-0.25, -0.2) is 28.4 Å². The molecule has 10 N–H and O–H groups in total. The monoisotopic (exact) mass is 946 g/mol. The highest BCUT2D eigenvalue weighted by Gasteiger charge is 2.31. The number of carboxylic acids is 2. The second-order valence-corrected chi connectivity index (χ2v) is 17.6. The van der Waals surface area contributed by atoms with Crippen LogP contribution in [0.5, 0.6) is 0 Å². The molecule has 2 aromatic carbocycles. The molecule has 3 aliphatic carbocycles. The number of carboxylic acid groups (broad SMARTS) is 2. The summed E-state index contributed by atoms with van der Waals surface area (Å²) in [6.45, 7) is 3.15. The molecule has 2 aromatic heterocycles. The first-order valence-electron chi connectivity index (χ1n) is 22.2. The number of benzene rings is 2. The number of halogens is 3. The summed E-state index contributed by atoms with van der Waals surface area (Å²) in [6, 6.07) is 4.94. The van der Waals surface area contributed by atoms with E-state index in [9.17, 15) is 29.4 Å². The molecule has 0 bridgehead atoms. The van der Waals surface area contributed by atoms with E-state index in [2.05, 4.69) is 20.0 Å². The van der Waals surface area contributed by atoms with E-state index < -0.39 is 34.4 Å². The number of nitrogens with zero attached hydrogens (tertiary/aromatic N) is 10. The Labute approximate surface area is 388 Å². The summed E-state index contributed by atoms with van der Waals surface area (Å²) < 4.78 is 34.7. The number of guanidine groups is 4. The van der Waals surface area contributed by atoms with E-state index in [-0.39, 0.29) is 82.3 Å². The van der Waals surface area contributed by atoms with E-state index in [1.165, 1.54) is 12.4 Å². The molecule has 20 nitrogen and oxygen atoms in total. The van der Waals surface area contributed by atoms with Crippen LogP contribution in [0, 0.1) is 11.6 Å². The van der Waals surface area contributed by atoms with Gasteiger partial charge in [0, 0.05) is 87.6 Å². The number of pyridine rings is 2. The summed E-state index contributed by atoms with van der Waals surface area (Å²) in [7, 11) is 0. The lowest BCUT2D eigenvalue weighted by Crippen LogP contribution is -2.51. The first kappa shape index (κ1) is 46.6. The smallest absolute Gasteiger partial charge is 0.341 e. The maximum atomic E-state index is 15.6. The minimum absolute atomic E-state index is 0. The van der Waals surface area contributed by atoms with Crippen LogP contribution in [-0.4, -0.2) is 129 Å². The van der Waals surface area contributed by atoms with Crippen LogP contribution in [0.25, 0.3) is 21.8 Å². The normalized spacial score (nSPS) is 21.2. The second-order valence-electron chi connectivity index (χ2n) is 17.6. The fraction of sp³-hybridized carbons (Fsp3) is 0.455. The quantitative estimate of drug-likeness (QED) is 0.109. The zero-order chi connectivity index (χ0) is 46.6. The van der Waals surface area contributed by atoms with Crippen LogP contribution in [0.2, 0.25) is 0 Å².